The molecule has 16 heavy (non-hydrogen) atoms. The van der Waals surface area contributed by atoms with Gasteiger partial charge in [-0.1, -0.05) is 0 Å². The van der Waals surface area contributed by atoms with E-state index in [1.54, 1.807) is 0 Å². The van der Waals surface area contributed by atoms with Crippen molar-refractivity contribution in [3.63, 3.8) is 0 Å². The molecule has 1 heterocycles. The van der Waals surface area contributed by atoms with E-state index in [9.17, 15) is 0 Å². The molecule has 1 atom stereocenters. The van der Waals surface area contributed by atoms with Crippen LogP contribution in [-0.4, -0.2) is 50.3 Å². The van der Waals surface area contributed by atoms with Crippen LogP contribution >= 0.6 is 0 Å². The number of methoxy groups -OCH3 is 1. The zero-order valence-electron chi connectivity index (χ0n) is 10.7. The van der Waals surface area contributed by atoms with Gasteiger partial charge in [0, 0.05) is 25.7 Å². The monoisotopic (exact) mass is 226 g/mol. The smallest absolute Gasteiger partial charge is 0.0572 e. The number of likely N-dealkylation sites (N-methyl/N-ethyl adjacent to an activating group) is 1. The topological polar surface area (TPSA) is 24.5 Å². The van der Waals surface area contributed by atoms with Crippen molar-refractivity contribution in [2.45, 2.75) is 56.7 Å². The predicted octanol–water partition coefficient (Wildman–Crippen LogP) is 1.63. The first-order valence-corrected chi connectivity index (χ1v) is 6.76. The van der Waals surface area contributed by atoms with E-state index in [0.29, 0.717) is 6.10 Å². The standard InChI is InChI=1S/C13H26N2O/c1-15(10-11-4-3-9-14-11)12-5-7-13(16-2)8-6-12/h11-14H,3-10H2,1-2H3. The van der Waals surface area contributed by atoms with Crippen LogP contribution in [0.1, 0.15) is 38.5 Å². The lowest BCUT2D eigenvalue weighted by Gasteiger charge is -2.35. The molecule has 94 valence electrons. The molecule has 0 radical (unpaired) electrons. The van der Waals surface area contributed by atoms with Gasteiger partial charge in [-0.05, 0) is 52.1 Å². The van der Waals surface area contributed by atoms with Crippen molar-refractivity contribution < 1.29 is 4.74 Å². The molecule has 1 aliphatic heterocycles. The Bertz CT molecular complexity index is 196. The molecule has 1 saturated heterocycles. The van der Waals surface area contributed by atoms with Gasteiger partial charge in [0.15, 0.2) is 0 Å². The molecular weight excluding hydrogens is 200 g/mol. The van der Waals surface area contributed by atoms with Crippen molar-refractivity contribution in [1.82, 2.24) is 10.2 Å². The fraction of sp³-hybridized carbons (Fsp3) is 1.00. The van der Waals surface area contributed by atoms with Crippen LogP contribution in [0.5, 0.6) is 0 Å². The summed E-state index contributed by atoms with van der Waals surface area (Å²) in [6.07, 6.45) is 8.33. The third-order valence-electron chi connectivity index (χ3n) is 4.27. The van der Waals surface area contributed by atoms with Gasteiger partial charge >= 0.3 is 0 Å². The molecule has 3 nitrogen and oxygen atoms in total. The van der Waals surface area contributed by atoms with Gasteiger partial charge in [-0.15, -0.1) is 0 Å². The first-order chi connectivity index (χ1) is 7.79. The number of ether oxygens (including phenoxy) is 1. The molecule has 0 amide bonds. The first kappa shape index (κ1) is 12.3. The fourth-order valence-corrected chi connectivity index (χ4v) is 3.13. The quantitative estimate of drug-likeness (QED) is 0.788. The van der Waals surface area contributed by atoms with Gasteiger partial charge in [-0.25, -0.2) is 0 Å². The van der Waals surface area contributed by atoms with Crippen molar-refractivity contribution in [1.29, 1.82) is 0 Å². The van der Waals surface area contributed by atoms with Gasteiger partial charge in [-0.2, -0.15) is 0 Å². The van der Waals surface area contributed by atoms with Gasteiger partial charge in [-0.3, -0.25) is 0 Å². The third-order valence-corrected chi connectivity index (χ3v) is 4.27. The van der Waals surface area contributed by atoms with Crippen LogP contribution in [0.25, 0.3) is 0 Å². The Kier molecular flexibility index (Phi) is 4.62. The van der Waals surface area contributed by atoms with E-state index in [1.807, 2.05) is 7.11 Å². The summed E-state index contributed by atoms with van der Waals surface area (Å²) in [4.78, 5) is 2.56. The lowest BCUT2D eigenvalue weighted by Crippen LogP contribution is -2.43. The van der Waals surface area contributed by atoms with Crippen LogP contribution in [0, 0.1) is 0 Å². The number of rotatable bonds is 4. The molecule has 3 heteroatoms. The lowest BCUT2D eigenvalue weighted by molar-refractivity contribution is 0.0428. The van der Waals surface area contributed by atoms with Crippen molar-refractivity contribution in [3.8, 4) is 0 Å². The number of nitrogens with one attached hydrogen (secondary N) is 1. The lowest BCUT2D eigenvalue weighted by atomic mass is 9.92. The molecule has 1 aliphatic carbocycles. The van der Waals surface area contributed by atoms with E-state index < -0.39 is 0 Å². The number of hydrogen-bond acceptors (Lipinski definition) is 3. The van der Waals surface area contributed by atoms with Crippen LogP contribution in [-0.2, 0) is 4.74 Å². The first-order valence-electron chi connectivity index (χ1n) is 6.76. The van der Waals surface area contributed by atoms with Crippen molar-refractivity contribution >= 4 is 0 Å². The maximum absolute atomic E-state index is 5.42. The van der Waals surface area contributed by atoms with Gasteiger partial charge in [0.25, 0.3) is 0 Å². The normalized spacial score (nSPS) is 35.8. The molecule has 1 saturated carbocycles. The second-order valence-corrected chi connectivity index (χ2v) is 5.40. The Morgan fingerprint density at radius 3 is 2.50 bits per heavy atom. The summed E-state index contributed by atoms with van der Waals surface area (Å²) >= 11 is 0. The third kappa shape index (κ3) is 3.19. The van der Waals surface area contributed by atoms with E-state index in [-0.39, 0.29) is 0 Å². The Morgan fingerprint density at radius 2 is 1.94 bits per heavy atom. The van der Waals surface area contributed by atoms with E-state index in [2.05, 4.69) is 17.3 Å². The molecule has 0 aromatic heterocycles. The van der Waals surface area contributed by atoms with Crippen LogP contribution in [0.4, 0.5) is 0 Å². The molecule has 2 aliphatic rings. The van der Waals surface area contributed by atoms with Gasteiger partial charge < -0.3 is 15.0 Å². The van der Waals surface area contributed by atoms with Crippen LogP contribution in [0.3, 0.4) is 0 Å². The maximum atomic E-state index is 5.42. The fourth-order valence-electron chi connectivity index (χ4n) is 3.13. The minimum atomic E-state index is 0.522. The van der Waals surface area contributed by atoms with Gasteiger partial charge in [0.1, 0.15) is 0 Å². The van der Waals surface area contributed by atoms with E-state index >= 15 is 0 Å². The molecular formula is C13H26N2O. The number of hydrogen-bond donors (Lipinski definition) is 1. The highest BCUT2D eigenvalue weighted by Gasteiger charge is 2.25. The highest BCUT2D eigenvalue weighted by Crippen LogP contribution is 2.24. The average molecular weight is 226 g/mol. The molecule has 0 spiro atoms. The SMILES string of the molecule is COC1CCC(N(C)CC2CCCN2)CC1. The van der Waals surface area contributed by atoms with Gasteiger partial charge in [0.05, 0.1) is 6.10 Å². The summed E-state index contributed by atoms with van der Waals surface area (Å²) in [7, 11) is 4.13. The summed E-state index contributed by atoms with van der Waals surface area (Å²) in [5, 5.41) is 3.58. The second-order valence-electron chi connectivity index (χ2n) is 5.40. The summed E-state index contributed by atoms with van der Waals surface area (Å²) in [6, 6.07) is 1.53. The van der Waals surface area contributed by atoms with E-state index in [4.69, 9.17) is 4.74 Å². The summed E-state index contributed by atoms with van der Waals surface area (Å²) < 4.78 is 5.42. The largest absolute Gasteiger partial charge is 0.381 e. The summed E-state index contributed by atoms with van der Waals surface area (Å²) in [5.41, 5.74) is 0. The van der Waals surface area contributed by atoms with Gasteiger partial charge in [0.2, 0.25) is 0 Å². The Hall–Kier alpha value is -0.120. The second kappa shape index (κ2) is 5.99. The minimum absolute atomic E-state index is 0.522. The Labute approximate surface area is 99.5 Å². The average Bonchev–Trinajstić information content (AvgIpc) is 2.82. The van der Waals surface area contributed by atoms with E-state index in [1.165, 1.54) is 51.6 Å². The van der Waals surface area contributed by atoms with Crippen LogP contribution < -0.4 is 5.32 Å². The summed E-state index contributed by atoms with van der Waals surface area (Å²) in [5.74, 6) is 0. The van der Waals surface area contributed by atoms with E-state index in [0.717, 1.165) is 12.1 Å². The zero-order chi connectivity index (χ0) is 11.4. The molecule has 0 bridgehead atoms. The molecule has 1 unspecified atom stereocenters. The Morgan fingerprint density at radius 1 is 1.19 bits per heavy atom. The Balaban J connectivity index is 1.70. The minimum Gasteiger partial charge on any atom is -0.381 e. The maximum Gasteiger partial charge on any atom is 0.0572 e. The van der Waals surface area contributed by atoms with Crippen molar-refractivity contribution in [2.75, 3.05) is 27.2 Å². The molecule has 0 aromatic carbocycles. The summed E-state index contributed by atoms with van der Waals surface area (Å²) in [6.45, 7) is 2.44. The molecule has 0 aromatic rings. The van der Waals surface area contributed by atoms with Crippen molar-refractivity contribution in [2.24, 2.45) is 0 Å². The predicted molar refractivity (Wildman–Crippen MR) is 66.7 cm³/mol. The number of nitrogens with zero attached hydrogens (tertiary/aromatic N) is 1. The zero-order valence-corrected chi connectivity index (χ0v) is 10.7. The van der Waals surface area contributed by atoms with Crippen LogP contribution in [0.15, 0.2) is 0 Å². The molecule has 1 N–H and O–H groups in total. The highest BCUT2D eigenvalue weighted by molar-refractivity contribution is 4.83. The molecule has 2 fully saturated rings. The molecule has 2 rings (SSSR count). The van der Waals surface area contributed by atoms with Crippen LogP contribution in [0.2, 0.25) is 0 Å². The van der Waals surface area contributed by atoms with Crippen molar-refractivity contribution in [3.05, 3.63) is 0 Å². The highest BCUT2D eigenvalue weighted by atomic mass is 16.5.